The van der Waals surface area contributed by atoms with Crippen LogP contribution in [0, 0.1) is 5.82 Å². The molecule has 0 heterocycles. The third-order valence-electron chi connectivity index (χ3n) is 4.23. The molecule has 0 radical (unpaired) electrons. The normalized spacial score (nSPS) is 10.3. The van der Waals surface area contributed by atoms with E-state index >= 15 is 0 Å². The van der Waals surface area contributed by atoms with E-state index in [4.69, 9.17) is 4.74 Å². The molecule has 0 saturated carbocycles. The number of anilines is 2. The SMILES string of the molecule is CCOC(=O)CCC(=O)Nc1ccc(N(C)C)c(C(=O)NCc2ccc(F)cc2)c1. The summed E-state index contributed by atoms with van der Waals surface area (Å²) in [6.07, 6.45) is -0.0270. The fraction of sp³-hybridized carbons (Fsp3) is 0.318. The quantitative estimate of drug-likeness (QED) is 0.615. The van der Waals surface area contributed by atoms with Crippen LogP contribution >= 0.6 is 0 Å². The second-order valence-electron chi connectivity index (χ2n) is 6.79. The molecule has 0 fully saturated rings. The van der Waals surface area contributed by atoms with Gasteiger partial charge in [0.05, 0.1) is 18.6 Å². The van der Waals surface area contributed by atoms with Gasteiger partial charge in [-0.1, -0.05) is 12.1 Å². The van der Waals surface area contributed by atoms with Crippen molar-refractivity contribution in [3.63, 3.8) is 0 Å². The van der Waals surface area contributed by atoms with Crippen LogP contribution in [0.15, 0.2) is 42.5 Å². The number of hydrogen-bond acceptors (Lipinski definition) is 5. The number of carbonyl (C=O) groups is 3. The lowest BCUT2D eigenvalue weighted by Gasteiger charge is -2.18. The highest BCUT2D eigenvalue weighted by Gasteiger charge is 2.15. The molecule has 0 bridgehead atoms. The predicted molar refractivity (Wildman–Crippen MR) is 113 cm³/mol. The molecule has 0 aliphatic heterocycles. The summed E-state index contributed by atoms with van der Waals surface area (Å²) in [5.41, 5.74) is 2.27. The summed E-state index contributed by atoms with van der Waals surface area (Å²) in [6, 6.07) is 10.9. The zero-order valence-corrected chi connectivity index (χ0v) is 17.3. The highest BCUT2D eigenvalue weighted by molar-refractivity contribution is 6.02. The van der Waals surface area contributed by atoms with Crippen LogP contribution in [0.3, 0.4) is 0 Å². The second-order valence-corrected chi connectivity index (χ2v) is 6.79. The van der Waals surface area contributed by atoms with E-state index in [9.17, 15) is 18.8 Å². The van der Waals surface area contributed by atoms with Crippen molar-refractivity contribution in [2.75, 3.05) is 30.9 Å². The number of hydrogen-bond donors (Lipinski definition) is 2. The molecular weight excluding hydrogens is 389 g/mol. The summed E-state index contributed by atoms with van der Waals surface area (Å²) < 4.78 is 17.8. The molecule has 160 valence electrons. The van der Waals surface area contributed by atoms with Crippen molar-refractivity contribution in [1.82, 2.24) is 5.32 Å². The average molecular weight is 415 g/mol. The molecule has 30 heavy (non-hydrogen) atoms. The van der Waals surface area contributed by atoms with Gasteiger partial charge in [0.25, 0.3) is 5.91 Å². The van der Waals surface area contributed by atoms with Gasteiger partial charge in [0.2, 0.25) is 5.91 Å². The van der Waals surface area contributed by atoms with Gasteiger partial charge in [0.1, 0.15) is 5.82 Å². The maximum atomic E-state index is 13.0. The molecule has 2 aromatic rings. The Hall–Kier alpha value is -3.42. The van der Waals surface area contributed by atoms with Gasteiger partial charge in [-0.2, -0.15) is 0 Å². The number of nitrogens with one attached hydrogen (secondary N) is 2. The van der Waals surface area contributed by atoms with Gasteiger partial charge in [0.15, 0.2) is 0 Å². The summed E-state index contributed by atoms with van der Waals surface area (Å²) in [6.45, 7) is 2.21. The molecule has 2 N–H and O–H groups in total. The first-order chi connectivity index (χ1) is 14.3. The summed E-state index contributed by atoms with van der Waals surface area (Å²) in [4.78, 5) is 38.0. The zero-order valence-electron chi connectivity index (χ0n) is 17.3. The second kappa shape index (κ2) is 10.9. The number of amides is 2. The van der Waals surface area contributed by atoms with E-state index in [2.05, 4.69) is 10.6 Å². The summed E-state index contributed by atoms with van der Waals surface area (Å²) in [5.74, 6) is -1.45. The van der Waals surface area contributed by atoms with Crippen LogP contribution in [0.2, 0.25) is 0 Å². The molecule has 2 amide bonds. The average Bonchev–Trinajstić information content (AvgIpc) is 2.71. The molecular formula is C22H26FN3O4. The Morgan fingerprint density at radius 3 is 2.37 bits per heavy atom. The number of halogens is 1. The number of nitrogens with zero attached hydrogens (tertiary/aromatic N) is 1. The maximum absolute atomic E-state index is 13.0. The molecule has 2 aromatic carbocycles. The largest absolute Gasteiger partial charge is 0.466 e. The van der Waals surface area contributed by atoms with Crippen LogP contribution in [-0.2, 0) is 20.9 Å². The smallest absolute Gasteiger partial charge is 0.306 e. The Bertz CT molecular complexity index is 898. The first-order valence-electron chi connectivity index (χ1n) is 9.59. The fourth-order valence-corrected chi connectivity index (χ4v) is 2.74. The first-order valence-corrected chi connectivity index (χ1v) is 9.59. The third-order valence-corrected chi connectivity index (χ3v) is 4.23. The highest BCUT2D eigenvalue weighted by Crippen LogP contribution is 2.23. The minimum absolute atomic E-state index is 0.0134. The monoisotopic (exact) mass is 415 g/mol. The number of rotatable bonds is 9. The van der Waals surface area contributed by atoms with Crippen molar-refractivity contribution in [2.45, 2.75) is 26.3 Å². The van der Waals surface area contributed by atoms with Crippen LogP contribution in [0.5, 0.6) is 0 Å². The fourth-order valence-electron chi connectivity index (χ4n) is 2.74. The van der Waals surface area contributed by atoms with Crippen molar-refractivity contribution in [3.8, 4) is 0 Å². The number of benzene rings is 2. The summed E-state index contributed by atoms with van der Waals surface area (Å²) >= 11 is 0. The molecule has 0 unspecified atom stereocenters. The van der Waals surface area contributed by atoms with E-state index < -0.39 is 5.97 Å². The van der Waals surface area contributed by atoms with E-state index in [-0.39, 0.29) is 43.6 Å². The van der Waals surface area contributed by atoms with Gasteiger partial charge in [-0.3, -0.25) is 14.4 Å². The molecule has 0 aromatic heterocycles. The van der Waals surface area contributed by atoms with E-state index in [0.717, 1.165) is 5.56 Å². The Balaban J connectivity index is 2.07. The van der Waals surface area contributed by atoms with Crippen molar-refractivity contribution < 1.29 is 23.5 Å². The lowest BCUT2D eigenvalue weighted by atomic mass is 10.1. The van der Waals surface area contributed by atoms with Crippen LogP contribution in [0.1, 0.15) is 35.7 Å². The predicted octanol–water partition coefficient (Wildman–Crippen LogP) is 3.10. The van der Waals surface area contributed by atoms with Gasteiger partial charge in [-0.15, -0.1) is 0 Å². The van der Waals surface area contributed by atoms with Gasteiger partial charge < -0.3 is 20.3 Å². The van der Waals surface area contributed by atoms with E-state index in [1.807, 2.05) is 14.1 Å². The van der Waals surface area contributed by atoms with Gasteiger partial charge in [-0.05, 0) is 42.8 Å². The third kappa shape index (κ3) is 6.88. The van der Waals surface area contributed by atoms with Crippen molar-refractivity contribution >= 4 is 29.2 Å². The maximum Gasteiger partial charge on any atom is 0.306 e. The zero-order chi connectivity index (χ0) is 22.1. The van der Waals surface area contributed by atoms with E-state index in [1.165, 1.54) is 12.1 Å². The van der Waals surface area contributed by atoms with Gasteiger partial charge >= 0.3 is 5.97 Å². The number of esters is 1. The Morgan fingerprint density at radius 1 is 1.03 bits per heavy atom. The standard InChI is InChI=1S/C22H26FN3O4/c1-4-30-21(28)12-11-20(27)25-17-9-10-19(26(2)3)18(13-17)22(29)24-14-15-5-7-16(23)8-6-15/h5-10,13H,4,11-12,14H2,1-3H3,(H,24,29)(H,25,27). The molecule has 0 atom stereocenters. The molecule has 0 saturated heterocycles. The molecule has 7 nitrogen and oxygen atoms in total. The van der Waals surface area contributed by atoms with Crippen LogP contribution in [0.25, 0.3) is 0 Å². The molecule has 0 aliphatic rings. The minimum atomic E-state index is -0.434. The van der Waals surface area contributed by atoms with Crippen molar-refractivity contribution in [3.05, 3.63) is 59.4 Å². The molecule has 0 aliphatic carbocycles. The summed E-state index contributed by atoms with van der Waals surface area (Å²) in [5, 5.41) is 5.50. The Labute approximate surface area is 175 Å². The van der Waals surface area contributed by atoms with Crippen LogP contribution in [-0.4, -0.2) is 38.5 Å². The van der Waals surface area contributed by atoms with E-state index in [1.54, 1.807) is 42.2 Å². The van der Waals surface area contributed by atoms with Gasteiger partial charge in [-0.25, -0.2) is 4.39 Å². The minimum Gasteiger partial charge on any atom is -0.466 e. The van der Waals surface area contributed by atoms with Gasteiger partial charge in [0, 0.05) is 38.4 Å². The molecule has 0 spiro atoms. The number of ether oxygens (including phenoxy) is 1. The molecule has 8 heteroatoms. The van der Waals surface area contributed by atoms with Crippen molar-refractivity contribution in [1.29, 1.82) is 0 Å². The molecule has 2 rings (SSSR count). The van der Waals surface area contributed by atoms with E-state index in [0.29, 0.717) is 16.9 Å². The topological polar surface area (TPSA) is 87.7 Å². The lowest BCUT2D eigenvalue weighted by Crippen LogP contribution is -2.25. The van der Waals surface area contributed by atoms with Crippen LogP contribution in [0.4, 0.5) is 15.8 Å². The number of carbonyl (C=O) groups excluding carboxylic acids is 3. The summed E-state index contributed by atoms with van der Waals surface area (Å²) in [7, 11) is 3.62. The van der Waals surface area contributed by atoms with Crippen LogP contribution < -0.4 is 15.5 Å². The highest BCUT2D eigenvalue weighted by atomic mass is 19.1. The van der Waals surface area contributed by atoms with Crippen molar-refractivity contribution in [2.24, 2.45) is 0 Å². The first kappa shape index (κ1) is 22.9. The Kier molecular flexibility index (Phi) is 8.34. The lowest BCUT2D eigenvalue weighted by molar-refractivity contribution is -0.144. The Morgan fingerprint density at radius 2 is 1.73 bits per heavy atom.